The fraction of sp³-hybridized carbons (Fsp3) is 0.927. The summed E-state index contributed by atoms with van der Waals surface area (Å²) >= 11 is 0. The molecule has 6 nitrogen and oxygen atoms in total. The highest BCUT2D eigenvalue weighted by Crippen LogP contribution is 2.67. The number of allylic oxidation sites excluding steroid dienone is 1. The quantitative estimate of drug-likeness (QED) is 0.101. The van der Waals surface area contributed by atoms with Crippen molar-refractivity contribution in [3.63, 3.8) is 0 Å². The summed E-state index contributed by atoms with van der Waals surface area (Å²) in [5.74, 6) is 5.16. The number of rotatable bonds is 18. The number of ether oxygens (including phenoxy) is 1. The lowest BCUT2D eigenvalue weighted by molar-refractivity contribution is -0.0535. The molecule has 4 aliphatic carbocycles. The van der Waals surface area contributed by atoms with Gasteiger partial charge in [-0.25, -0.2) is 4.79 Å². The maximum atomic E-state index is 13.5. The number of amides is 1. The minimum atomic E-state index is -0.137. The summed E-state index contributed by atoms with van der Waals surface area (Å²) < 4.78 is 6.29. The molecule has 1 amide bonds. The maximum absolute atomic E-state index is 13.5. The van der Waals surface area contributed by atoms with Crippen molar-refractivity contribution < 1.29 is 9.53 Å². The van der Waals surface area contributed by atoms with Crippen LogP contribution < -0.4 is 16.8 Å². The molecular formula is C41H76N4O2. The van der Waals surface area contributed by atoms with Crippen LogP contribution in [-0.2, 0) is 4.74 Å². The number of hydrogen-bond donors (Lipinski definition) is 3. The average molecular weight is 657 g/mol. The van der Waals surface area contributed by atoms with Crippen molar-refractivity contribution in [2.24, 2.45) is 57.8 Å². The molecule has 0 saturated heterocycles. The van der Waals surface area contributed by atoms with Crippen molar-refractivity contribution in [2.75, 3.05) is 26.2 Å². The van der Waals surface area contributed by atoms with Crippen LogP contribution in [0.5, 0.6) is 0 Å². The third-order valence-electron chi connectivity index (χ3n) is 14.0. The predicted octanol–water partition coefficient (Wildman–Crippen LogP) is 9.07. The number of unbranched alkanes of at least 4 members (excludes halogenated alkanes) is 1. The standard InChI is InChI=1S/C41H76N4O2/c1-8-32(29(2)3)12-11-13-33-15-17-37-36-16-14-34-28-35(18-22-41(34,7)38(36)19-23-40(33,37)6)47-39(46)45(27-21-31(5)43)26-10-9-24-44-25-20-30(4)42/h14,29-33,35-38,44H,8-13,15-28,42-43H2,1-7H3. The summed E-state index contributed by atoms with van der Waals surface area (Å²) in [5.41, 5.74) is 14.4. The molecule has 10 atom stereocenters. The molecule has 272 valence electrons. The van der Waals surface area contributed by atoms with E-state index in [1.165, 1.54) is 57.8 Å². The highest BCUT2D eigenvalue weighted by molar-refractivity contribution is 5.67. The lowest BCUT2D eigenvalue weighted by Gasteiger charge is -2.58. The zero-order valence-electron chi connectivity index (χ0n) is 31.8. The Kier molecular flexibility index (Phi) is 14.6. The Balaban J connectivity index is 1.30. The Labute approximate surface area is 290 Å². The van der Waals surface area contributed by atoms with Crippen LogP contribution in [0.25, 0.3) is 0 Å². The summed E-state index contributed by atoms with van der Waals surface area (Å²) in [5, 5.41) is 3.48. The highest BCUT2D eigenvalue weighted by Gasteiger charge is 2.58. The molecule has 0 radical (unpaired) electrons. The van der Waals surface area contributed by atoms with Crippen molar-refractivity contribution in [1.29, 1.82) is 0 Å². The summed E-state index contributed by atoms with van der Waals surface area (Å²) in [4.78, 5) is 15.4. The molecule has 0 heterocycles. The Morgan fingerprint density at radius 2 is 1.70 bits per heavy atom. The number of carbonyl (C=O) groups is 1. The van der Waals surface area contributed by atoms with E-state index < -0.39 is 0 Å². The van der Waals surface area contributed by atoms with E-state index in [9.17, 15) is 4.79 Å². The van der Waals surface area contributed by atoms with E-state index in [4.69, 9.17) is 16.2 Å². The van der Waals surface area contributed by atoms with E-state index in [0.29, 0.717) is 12.0 Å². The van der Waals surface area contributed by atoms with Crippen molar-refractivity contribution in [2.45, 2.75) is 169 Å². The number of nitrogens with zero attached hydrogens (tertiary/aromatic N) is 1. The Hall–Kier alpha value is -1.11. The van der Waals surface area contributed by atoms with Crippen LogP contribution in [0.1, 0.15) is 151 Å². The Bertz CT molecular complexity index is 996. The normalized spacial score (nSPS) is 33.7. The van der Waals surface area contributed by atoms with Gasteiger partial charge in [0.2, 0.25) is 0 Å². The van der Waals surface area contributed by atoms with Gasteiger partial charge in [0.15, 0.2) is 0 Å². The second-order valence-corrected chi connectivity index (χ2v) is 17.6. The average Bonchev–Trinajstić information content (AvgIpc) is 3.35. The number of hydrogen-bond acceptors (Lipinski definition) is 5. The first kappa shape index (κ1) is 38.7. The van der Waals surface area contributed by atoms with Crippen LogP contribution in [0.3, 0.4) is 0 Å². The summed E-state index contributed by atoms with van der Waals surface area (Å²) in [6.45, 7) is 19.9. The van der Waals surface area contributed by atoms with Gasteiger partial charge in [-0.05, 0) is 150 Å². The molecule has 3 fully saturated rings. The largest absolute Gasteiger partial charge is 0.446 e. The van der Waals surface area contributed by atoms with Crippen molar-refractivity contribution >= 4 is 6.09 Å². The fourth-order valence-corrected chi connectivity index (χ4v) is 10.8. The number of nitrogens with one attached hydrogen (secondary N) is 1. The molecule has 4 aliphatic rings. The Morgan fingerprint density at radius 1 is 0.936 bits per heavy atom. The highest BCUT2D eigenvalue weighted by atomic mass is 16.6. The van der Waals surface area contributed by atoms with Gasteiger partial charge >= 0.3 is 6.09 Å². The molecule has 0 bridgehead atoms. The van der Waals surface area contributed by atoms with Crippen LogP contribution in [0.4, 0.5) is 4.79 Å². The van der Waals surface area contributed by atoms with E-state index in [1.807, 2.05) is 18.7 Å². The van der Waals surface area contributed by atoms with E-state index in [2.05, 4.69) is 46.0 Å². The Morgan fingerprint density at radius 3 is 2.40 bits per heavy atom. The van der Waals surface area contributed by atoms with Gasteiger partial charge in [-0.3, -0.25) is 0 Å². The van der Waals surface area contributed by atoms with E-state index in [1.54, 1.807) is 5.57 Å². The topological polar surface area (TPSA) is 93.6 Å². The molecule has 3 saturated carbocycles. The molecule has 0 aromatic heterocycles. The van der Waals surface area contributed by atoms with E-state index in [-0.39, 0.29) is 29.7 Å². The van der Waals surface area contributed by atoms with Gasteiger partial charge < -0.3 is 26.4 Å². The first-order valence-electron chi connectivity index (χ1n) is 20.3. The zero-order valence-corrected chi connectivity index (χ0v) is 31.8. The zero-order chi connectivity index (χ0) is 34.2. The lowest BCUT2D eigenvalue weighted by atomic mass is 9.47. The molecule has 0 aromatic carbocycles. The third kappa shape index (κ3) is 9.78. The van der Waals surface area contributed by atoms with Gasteiger partial charge in [0.25, 0.3) is 0 Å². The van der Waals surface area contributed by atoms with Crippen molar-refractivity contribution in [3.8, 4) is 0 Å². The summed E-state index contributed by atoms with van der Waals surface area (Å²) in [6, 6.07) is 0.308. The minimum absolute atomic E-state index is 0.00130. The van der Waals surface area contributed by atoms with E-state index in [0.717, 1.165) is 100 Å². The number of carbonyl (C=O) groups excluding carboxylic acids is 1. The number of fused-ring (bicyclic) bond motifs is 5. The molecule has 0 aromatic rings. The monoisotopic (exact) mass is 657 g/mol. The van der Waals surface area contributed by atoms with Crippen LogP contribution in [0, 0.1) is 46.3 Å². The second kappa shape index (κ2) is 17.7. The lowest BCUT2D eigenvalue weighted by Crippen LogP contribution is -2.50. The van der Waals surface area contributed by atoms with Gasteiger partial charge in [0, 0.05) is 31.6 Å². The summed E-state index contributed by atoms with van der Waals surface area (Å²) in [6.07, 6.45) is 21.9. The third-order valence-corrected chi connectivity index (χ3v) is 14.0. The summed E-state index contributed by atoms with van der Waals surface area (Å²) in [7, 11) is 0. The van der Waals surface area contributed by atoms with Crippen molar-refractivity contribution in [3.05, 3.63) is 11.6 Å². The van der Waals surface area contributed by atoms with Crippen LogP contribution in [-0.4, -0.2) is 55.4 Å². The molecular weight excluding hydrogens is 580 g/mol. The first-order valence-corrected chi connectivity index (χ1v) is 20.3. The van der Waals surface area contributed by atoms with Gasteiger partial charge in [0.05, 0.1) is 0 Å². The van der Waals surface area contributed by atoms with E-state index >= 15 is 0 Å². The van der Waals surface area contributed by atoms with Gasteiger partial charge in [-0.2, -0.15) is 0 Å². The number of nitrogens with two attached hydrogens (primary N) is 2. The molecule has 5 N–H and O–H groups in total. The molecule has 0 aliphatic heterocycles. The molecule has 4 rings (SSSR count). The molecule has 47 heavy (non-hydrogen) atoms. The van der Waals surface area contributed by atoms with Crippen molar-refractivity contribution in [1.82, 2.24) is 10.2 Å². The minimum Gasteiger partial charge on any atom is -0.446 e. The predicted molar refractivity (Wildman–Crippen MR) is 198 cm³/mol. The fourth-order valence-electron chi connectivity index (χ4n) is 10.8. The van der Waals surface area contributed by atoms with Crippen LogP contribution in [0.15, 0.2) is 11.6 Å². The first-order chi connectivity index (χ1) is 22.4. The molecule has 6 heteroatoms. The van der Waals surface area contributed by atoms with Crippen LogP contribution in [0.2, 0.25) is 0 Å². The molecule has 10 unspecified atom stereocenters. The van der Waals surface area contributed by atoms with Gasteiger partial charge in [0.1, 0.15) is 6.10 Å². The van der Waals surface area contributed by atoms with Gasteiger partial charge in [-0.1, -0.05) is 65.5 Å². The SMILES string of the molecule is CCC(CCCC1CCC2C3CC=C4CC(OC(=O)N(CCCCNCCC(C)N)CCC(C)N)CCC4(C)C3CCC12C)C(C)C. The smallest absolute Gasteiger partial charge is 0.410 e. The molecule has 0 spiro atoms. The van der Waals surface area contributed by atoms with Crippen LogP contribution >= 0.6 is 0 Å². The second-order valence-electron chi connectivity index (χ2n) is 17.6. The van der Waals surface area contributed by atoms with Gasteiger partial charge in [-0.15, -0.1) is 0 Å². The maximum Gasteiger partial charge on any atom is 0.410 e.